The summed E-state index contributed by atoms with van der Waals surface area (Å²) in [6.07, 6.45) is 0. The second-order valence-corrected chi connectivity index (χ2v) is 9.69. The van der Waals surface area contributed by atoms with E-state index in [4.69, 9.17) is 17.3 Å². The second-order valence-electron chi connectivity index (χ2n) is 8.07. The average Bonchev–Trinajstić information content (AvgIpc) is 3.44. The third-order valence-corrected chi connectivity index (χ3v) is 7.03. The molecule has 0 saturated carbocycles. The Balaban J connectivity index is 1.21. The van der Waals surface area contributed by atoms with Gasteiger partial charge in [0.2, 0.25) is 11.1 Å². The highest BCUT2D eigenvalue weighted by atomic mass is 32.1. The molecule has 1 aliphatic rings. The molecule has 1 N–H and O–H groups in total. The first kappa shape index (κ1) is 21.7. The van der Waals surface area contributed by atoms with Gasteiger partial charge in [-0.15, -0.1) is 5.10 Å². The predicted octanol–water partition coefficient (Wildman–Crippen LogP) is 3.79. The van der Waals surface area contributed by atoms with Gasteiger partial charge in [-0.05, 0) is 71.9 Å². The van der Waals surface area contributed by atoms with E-state index in [1.54, 1.807) is 4.68 Å². The molecule has 1 fully saturated rings. The Bertz CT molecular complexity index is 1290. The van der Waals surface area contributed by atoms with Crippen molar-refractivity contribution in [3.8, 4) is 5.69 Å². The molecule has 33 heavy (non-hydrogen) atoms. The molecule has 3 heterocycles. The van der Waals surface area contributed by atoms with Crippen LogP contribution in [0, 0.1) is 17.8 Å². The highest BCUT2D eigenvalue weighted by Crippen LogP contribution is 2.23. The summed E-state index contributed by atoms with van der Waals surface area (Å²) in [5.41, 5.74) is 4.51. The third kappa shape index (κ3) is 4.80. The number of anilines is 3. The van der Waals surface area contributed by atoms with E-state index in [0.29, 0.717) is 6.67 Å². The number of aryl methyl sites for hydroxylation is 2. The lowest BCUT2D eigenvalue weighted by molar-refractivity contribution is 0.194. The number of piperazine rings is 1. The summed E-state index contributed by atoms with van der Waals surface area (Å²) in [6.45, 7) is 8.30. The molecule has 1 aliphatic heterocycles. The maximum Gasteiger partial charge on any atom is 0.250 e. The topological polar surface area (TPSA) is 79.9 Å². The number of hydrogen-bond donors (Lipinski definition) is 1. The molecular formula is C22H25N9S2. The van der Waals surface area contributed by atoms with Crippen molar-refractivity contribution in [3.63, 3.8) is 0 Å². The van der Waals surface area contributed by atoms with Crippen LogP contribution in [0.2, 0.25) is 0 Å². The van der Waals surface area contributed by atoms with Gasteiger partial charge in [0.1, 0.15) is 0 Å². The van der Waals surface area contributed by atoms with Crippen molar-refractivity contribution in [2.75, 3.05) is 36.4 Å². The molecule has 1 saturated heterocycles. The molecule has 4 aromatic rings. The first-order valence-corrected chi connectivity index (χ1v) is 12.0. The Labute approximate surface area is 201 Å². The molecule has 11 heteroatoms. The van der Waals surface area contributed by atoms with Crippen molar-refractivity contribution in [2.45, 2.75) is 20.5 Å². The van der Waals surface area contributed by atoms with Crippen molar-refractivity contribution in [2.24, 2.45) is 0 Å². The summed E-state index contributed by atoms with van der Waals surface area (Å²) >= 11 is 7.07. The van der Waals surface area contributed by atoms with E-state index in [2.05, 4.69) is 62.7 Å². The molecule has 0 bridgehead atoms. The highest BCUT2D eigenvalue weighted by Gasteiger charge is 2.23. The zero-order chi connectivity index (χ0) is 22.8. The number of benzene rings is 2. The number of rotatable bonds is 6. The summed E-state index contributed by atoms with van der Waals surface area (Å²) in [6, 6.07) is 16.3. The first-order chi connectivity index (χ1) is 16.1. The van der Waals surface area contributed by atoms with E-state index in [-0.39, 0.29) is 0 Å². The normalized spacial score (nSPS) is 14.5. The fourth-order valence-corrected chi connectivity index (χ4v) is 4.80. The summed E-state index contributed by atoms with van der Waals surface area (Å²) in [5, 5.41) is 21.2. The lowest BCUT2D eigenvalue weighted by Gasteiger charge is -2.34. The molecule has 5 rings (SSSR count). The van der Waals surface area contributed by atoms with E-state index < -0.39 is 0 Å². The number of aromatic nitrogens is 6. The standard InChI is InChI=1S/C22H25N9S2/c1-16-8-9-18(14-17(16)2)23-20-25-30(22(32)33-20)15-28-10-12-29(13-11-28)21-24-26-27-31(21)19-6-4-3-5-7-19/h3-9,14H,10-13,15H2,1-2H3,(H,23,25). The van der Waals surface area contributed by atoms with Crippen LogP contribution >= 0.6 is 23.6 Å². The lowest BCUT2D eigenvalue weighted by Crippen LogP contribution is -2.47. The van der Waals surface area contributed by atoms with Crippen LogP contribution in [0.4, 0.5) is 16.8 Å². The molecule has 9 nitrogen and oxygen atoms in total. The Hall–Kier alpha value is -3.15. The minimum Gasteiger partial charge on any atom is -0.337 e. The van der Waals surface area contributed by atoms with Crippen molar-refractivity contribution >= 4 is 40.3 Å². The lowest BCUT2D eigenvalue weighted by atomic mass is 10.1. The van der Waals surface area contributed by atoms with Gasteiger partial charge in [-0.2, -0.15) is 4.68 Å². The van der Waals surface area contributed by atoms with Crippen molar-refractivity contribution in [1.82, 2.24) is 34.9 Å². The number of para-hydroxylation sites is 1. The van der Waals surface area contributed by atoms with Crippen LogP contribution in [0.5, 0.6) is 0 Å². The third-order valence-electron chi connectivity index (χ3n) is 5.81. The smallest absolute Gasteiger partial charge is 0.250 e. The van der Waals surface area contributed by atoms with Gasteiger partial charge >= 0.3 is 0 Å². The second kappa shape index (κ2) is 9.38. The molecule has 2 aromatic heterocycles. The Morgan fingerprint density at radius 1 is 1.00 bits per heavy atom. The minimum atomic E-state index is 0.668. The van der Waals surface area contributed by atoms with Gasteiger partial charge in [0, 0.05) is 31.9 Å². The van der Waals surface area contributed by atoms with Gasteiger partial charge in [0.25, 0.3) is 0 Å². The molecule has 0 unspecified atom stereocenters. The summed E-state index contributed by atoms with van der Waals surface area (Å²) in [5.74, 6) is 0.769. The van der Waals surface area contributed by atoms with Crippen molar-refractivity contribution in [3.05, 3.63) is 63.6 Å². The molecule has 2 aromatic carbocycles. The number of nitrogens with zero attached hydrogens (tertiary/aromatic N) is 8. The van der Waals surface area contributed by atoms with E-state index in [1.807, 2.05) is 35.0 Å². The minimum absolute atomic E-state index is 0.668. The predicted molar refractivity (Wildman–Crippen MR) is 133 cm³/mol. The van der Waals surface area contributed by atoms with Gasteiger partial charge in [-0.25, -0.2) is 4.68 Å². The van der Waals surface area contributed by atoms with Crippen molar-refractivity contribution < 1.29 is 0 Å². The molecule has 170 valence electrons. The zero-order valence-electron chi connectivity index (χ0n) is 18.5. The number of hydrogen-bond acceptors (Lipinski definition) is 9. The van der Waals surface area contributed by atoms with Crippen LogP contribution in [-0.2, 0) is 6.67 Å². The zero-order valence-corrected chi connectivity index (χ0v) is 20.2. The summed E-state index contributed by atoms with van der Waals surface area (Å²) in [7, 11) is 0. The van der Waals surface area contributed by atoms with Crippen LogP contribution in [-0.4, -0.2) is 61.1 Å². The SMILES string of the molecule is Cc1ccc(Nc2nn(CN3CCN(c4nnnn4-c4ccccc4)CC3)c(=S)s2)cc1C. The molecule has 0 aliphatic carbocycles. The van der Waals surface area contributed by atoms with Gasteiger partial charge < -0.3 is 10.2 Å². The maximum atomic E-state index is 5.58. The van der Waals surface area contributed by atoms with Gasteiger partial charge in [0.05, 0.1) is 12.4 Å². The quantitative estimate of drug-likeness (QED) is 0.419. The molecule has 0 spiro atoms. The molecule has 0 amide bonds. The summed E-state index contributed by atoms with van der Waals surface area (Å²) < 4.78 is 4.45. The van der Waals surface area contributed by atoms with E-state index in [1.165, 1.54) is 22.5 Å². The largest absolute Gasteiger partial charge is 0.337 e. The van der Waals surface area contributed by atoms with E-state index in [9.17, 15) is 0 Å². The molecular weight excluding hydrogens is 454 g/mol. The van der Waals surface area contributed by atoms with Gasteiger partial charge in [-0.1, -0.05) is 40.7 Å². The Kier molecular flexibility index (Phi) is 6.16. The van der Waals surface area contributed by atoms with Crippen LogP contribution in [0.15, 0.2) is 48.5 Å². The van der Waals surface area contributed by atoms with Crippen molar-refractivity contribution in [1.29, 1.82) is 0 Å². The van der Waals surface area contributed by atoms with E-state index >= 15 is 0 Å². The Morgan fingerprint density at radius 3 is 2.55 bits per heavy atom. The van der Waals surface area contributed by atoms with Gasteiger partial charge in [0.15, 0.2) is 3.95 Å². The monoisotopic (exact) mass is 479 g/mol. The van der Waals surface area contributed by atoms with Gasteiger partial charge in [-0.3, -0.25) is 4.90 Å². The number of tetrazole rings is 1. The van der Waals surface area contributed by atoms with Crippen LogP contribution in [0.25, 0.3) is 5.69 Å². The number of nitrogens with one attached hydrogen (secondary N) is 1. The average molecular weight is 480 g/mol. The summed E-state index contributed by atoms with van der Waals surface area (Å²) in [4.78, 5) is 4.57. The fraction of sp³-hybridized carbons (Fsp3) is 0.318. The highest BCUT2D eigenvalue weighted by molar-refractivity contribution is 7.73. The maximum absolute atomic E-state index is 5.58. The Morgan fingerprint density at radius 2 is 1.79 bits per heavy atom. The first-order valence-electron chi connectivity index (χ1n) is 10.8. The van der Waals surface area contributed by atoms with Crippen LogP contribution in [0.1, 0.15) is 11.1 Å². The fourth-order valence-electron chi connectivity index (χ4n) is 3.78. The molecule has 0 atom stereocenters. The van der Waals surface area contributed by atoms with Crippen LogP contribution in [0.3, 0.4) is 0 Å². The molecule has 0 radical (unpaired) electrons. The van der Waals surface area contributed by atoms with E-state index in [0.717, 1.165) is 52.6 Å². The van der Waals surface area contributed by atoms with Crippen LogP contribution < -0.4 is 10.2 Å².